The average molecular weight is 499 g/mol. The molecule has 2 unspecified atom stereocenters. The number of halogens is 2. The maximum atomic E-state index is 13.2. The van der Waals surface area contributed by atoms with Gasteiger partial charge in [-0.25, -0.2) is 14.3 Å². The predicted octanol–water partition coefficient (Wildman–Crippen LogP) is 3.07. The molecule has 2 aromatic carbocycles. The predicted molar refractivity (Wildman–Crippen MR) is 134 cm³/mol. The van der Waals surface area contributed by atoms with E-state index in [4.69, 9.17) is 10.9 Å². The number of rotatable bonds is 7. The Bertz CT molecular complexity index is 1070. The molecule has 1 saturated heterocycles. The number of likely N-dealkylation sites (tertiary alicyclic amines) is 1. The molecule has 1 heterocycles. The van der Waals surface area contributed by atoms with Crippen LogP contribution < -0.4 is 16.5 Å². The number of hydrogen-bond donors (Lipinski definition) is 4. The molecule has 36 heavy (non-hydrogen) atoms. The molecule has 0 aromatic heterocycles. The van der Waals surface area contributed by atoms with Gasteiger partial charge in [0.1, 0.15) is 11.6 Å². The summed E-state index contributed by atoms with van der Waals surface area (Å²) in [5.74, 6) is 4.06. The van der Waals surface area contributed by atoms with Crippen molar-refractivity contribution in [2.45, 2.75) is 44.3 Å². The van der Waals surface area contributed by atoms with Crippen molar-refractivity contribution in [2.24, 2.45) is 5.73 Å². The average Bonchev–Trinajstić information content (AvgIpc) is 3.40. The molecule has 5 N–H and O–H groups in total. The van der Waals surface area contributed by atoms with Crippen LogP contribution in [0.25, 0.3) is 0 Å². The second-order valence-corrected chi connectivity index (χ2v) is 8.56. The normalized spacial score (nSPS) is 15.5. The Kier molecular flexibility index (Phi) is 10.7. The van der Waals surface area contributed by atoms with Crippen molar-refractivity contribution in [3.8, 4) is 11.8 Å². The molecule has 3 rings (SSSR count). The number of amides is 2. The Morgan fingerprint density at radius 2 is 1.56 bits per heavy atom. The molecule has 0 aliphatic carbocycles. The minimum absolute atomic E-state index is 0.123. The van der Waals surface area contributed by atoms with E-state index in [1.807, 2.05) is 12.1 Å². The summed E-state index contributed by atoms with van der Waals surface area (Å²) in [4.78, 5) is 26.7. The zero-order chi connectivity index (χ0) is 26.7. The lowest BCUT2D eigenvalue weighted by Crippen LogP contribution is -2.66. The van der Waals surface area contributed by atoms with Crippen molar-refractivity contribution >= 4 is 11.8 Å². The van der Waals surface area contributed by atoms with Crippen LogP contribution in [0.5, 0.6) is 0 Å². The van der Waals surface area contributed by atoms with Gasteiger partial charge in [0.15, 0.2) is 0 Å². The van der Waals surface area contributed by atoms with Crippen LogP contribution in [0.15, 0.2) is 61.7 Å². The van der Waals surface area contributed by atoms with Crippen LogP contribution in [0.4, 0.5) is 8.78 Å². The number of nitrogens with two attached hydrogens (primary N) is 1. The minimum atomic E-state index is -3.12. The third-order valence-corrected chi connectivity index (χ3v) is 5.80. The Hall–Kier alpha value is -3.58. The summed E-state index contributed by atoms with van der Waals surface area (Å²) in [5, 5.41) is 11.0. The first-order valence-corrected chi connectivity index (χ1v) is 11.5. The summed E-state index contributed by atoms with van der Waals surface area (Å²) in [6.07, 6.45) is -0.614. The van der Waals surface area contributed by atoms with Crippen molar-refractivity contribution in [3.63, 3.8) is 0 Å². The highest BCUT2D eigenvalue weighted by Crippen LogP contribution is 2.18. The monoisotopic (exact) mass is 498 g/mol. The molecule has 0 saturated carbocycles. The number of alkyl halides is 2. The summed E-state index contributed by atoms with van der Waals surface area (Å²) in [6, 6.07) is 12.4. The number of hydrogen-bond acceptors (Lipinski definition) is 5. The molecular weight excluding hydrogens is 466 g/mol. The van der Waals surface area contributed by atoms with Crippen molar-refractivity contribution < 1.29 is 23.6 Å². The molecule has 0 spiro atoms. The summed E-state index contributed by atoms with van der Waals surface area (Å²) in [7, 11) is 0. The zero-order valence-corrected chi connectivity index (χ0v) is 20.3. The van der Waals surface area contributed by atoms with Crippen LogP contribution >= 0.6 is 0 Å². The molecule has 0 radical (unpaired) electrons. The van der Waals surface area contributed by atoms with E-state index in [1.54, 1.807) is 12.1 Å². The summed E-state index contributed by atoms with van der Waals surface area (Å²) < 4.78 is 26.5. The topological polar surface area (TPSA) is 108 Å². The van der Waals surface area contributed by atoms with Crippen molar-refractivity contribution in [1.82, 2.24) is 15.7 Å². The standard InChI is InChI=1S/C25H28F2N4O3.C2H4/c1-25(28,24(26)27)21(23(33)30-34)29-22(32)20-12-10-18(11-13-20)5-4-17-6-8-19(9-7-17)16-31-14-2-3-15-31;1-2/h6-13,21,24,34H,2-3,14-16,28H2,1H3,(H,29,32)(H,30,33);1-2H2. The van der Waals surface area contributed by atoms with Gasteiger partial charge < -0.3 is 11.1 Å². The van der Waals surface area contributed by atoms with E-state index in [0.717, 1.165) is 32.1 Å². The van der Waals surface area contributed by atoms with Gasteiger partial charge in [-0.15, -0.1) is 13.2 Å². The van der Waals surface area contributed by atoms with Gasteiger partial charge in [0.2, 0.25) is 0 Å². The quantitative estimate of drug-likeness (QED) is 0.203. The van der Waals surface area contributed by atoms with Crippen LogP contribution in [-0.4, -0.2) is 53.0 Å². The van der Waals surface area contributed by atoms with Crippen LogP contribution in [0, 0.1) is 11.8 Å². The second-order valence-electron chi connectivity index (χ2n) is 8.56. The molecular formula is C27H32F2N4O3. The van der Waals surface area contributed by atoms with Gasteiger partial charge in [-0.2, -0.15) is 0 Å². The molecule has 1 fully saturated rings. The summed E-state index contributed by atoms with van der Waals surface area (Å²) in [5.41, 5.74) is 7.27. The van der Waals surface area contributed by atoms with E-state index in [2.05, 4.69) is 47.3 Å². The highest BCUT2D eigenvalue weighted by molar-refractivity contribution is 5.98. The zero-order valence-electron chi connectivity index (χ0n) is 20.3. The first-order valence-electron chi connectivity index (χ1n) is 11.5. The fraction of sp³-hybridized carbons (Fsp3) is 0.333. The lowest BCUT2D eigenvalue weighted by atomic mass is 9.92. The number of nitrogens with one attached hydrogen (secondary N) is 2. The molecule has 1 aliphatic heterocycles. The van der Waals surface area contributed by atoms with Crippen LogP contribution in [0.3, 0.4) is 0 Å². The maximum absolute atomic E-state index is 13.2. The number of hydroxylamine groups is 1. The SMILES string of the molecule is C=C.CC(N)(C(F)F)C(NC(=O)c1ccc(C#Cc2ccc(CN3CCCC3)cc2)cc1)C(=O)NO. The molecule has 2 amide bonds. The van der Waals surface area contributed by atoms with E-state index in [9.17, 15) is 18.4 Å². The van der Waals surface area contributed by atoms with E-state index in [-0.39, 0.29) is 5.56 Å². The van der Waals surface area contributed by atoms with Crippen molar-refractivity contribution in [2.75, 3.05) is 13.1 Å². The Morgan fingerprint density at radius 3 is 2.03 bits per heavy atom. The molecule has 2 aromatic rings. The third-order valence-electron chi connectivity index (χ3n) is 5.80. The van der Waals surface area contributed by atoms with E-state index >= 15 is 0 Å². The Balaban J connectivity index is 0.00000222. The van der Waals surface area contributed by atoms with Crippen LogP contribution in [0.2, 0.25) is 0 Å². The Morgan fingerprint density at radius 1 is 1.06 bits per heavy atom. The highest BCUT2D eigenvalue weighted by atomic mass is 19.3. The second kappa shape index (κ2) is 13.5. The number of carbonyl (C=O) groups is 2. The molecule has 2 atom stereocenters. The van der Waals surface area contributed by atoms with Gasteiger partial charge in [-0.1, -0.05) is 24.0 Å². The van der Waals surface area contributed by atoms with Crippen LogP contribution in [0.1, 0.15) is 46.8 Å². The molecule has 1 aliphatic rings. The van der Waals surface area contributed by atoms with Gasteiger partial charge >= 0.3 is 0 Å². The van der Waals surface area contributed by atoms with Gasteiger partial charge in [0.05, 0.1) is 0 Å². The maximum Gasteiger partial charge on any atom is 0.268 e. The number of benzene rings is 2. The highest BCUT2D eigenvalue weighted by Gasteiger charge is 2.44. The molecule has 192 valence electrons. The number of nitrogens with zero attached hydrogens (tertiary/aromatic N) is 1. The smallest absolute Gasteiger partial charge is 0.268 e. The van der Waals surface area contributed by atoms with Crippen molar-refractivity contribution in [1.29, 1.82) is 0 Å². The van der Waals surface area contributed by atoms with Gasteiger partial charge in [0, 0.05) is 23.2 Å². The summed E-state index contributed by atoms with van der Waals surface area (Å²) >= 11 is 0. The van der Waals surface area contributed by atoms with E-state index < -0.39 is 29.8 Å². The van der Waals surface area contributed by atoms with Gasteiger partial charge in [-0.05, 0) is 74.8 Å². The van der Waals surface area contributed by atoms with E-state index in [0.29, 0.717) is 5.56 Å². The first-order chi connectivity index (χ1) is 17.2. The lowest BCUT2D eigenvalue weighted by Gasteiger charge is -2.32. The molecule has 7 nitrogen and oxygen atoms in total. The third kappa shape index (κ3) is 7.71. The van der Waals surface area contributed by atoms with Gasteiger partial charge in [-0.3, -0.25) is 19.7 Å². The lowest BCUT2D eigenvalue weighted by molar-refractivity contribution is -0.134. The fourth-order valence-electron chi connectivity index (χ4n) is 3.65. The molecule has 0 bridgehead atoms. The van der Waals surface area contributed by atoms with Crippen molar-refractivity contribution in [3.05, 3.63) is 83.9 Å². The summed E-state index contributed by atoms with van der Waals surface area (Å²) in [6.45, 7) is 10.1. The van der Waals surface area contributed by atoms with Gasteiger partial charge in [0.25, 0.3) is 18.2 Å². The molecule has 9 heteroatoms. The minimum Gasteiger partial charge on any atom is -0.338 e. The van der Waals surface area contributed by atoms with E-state index in [1.165, 1.54) is 36.0 Å². The number of carbonyl (C=O) groups excluding carboxylic acids is 2. The fourth-order valence-corrected chi connectivity index (χ4v) is 3.65. The largest absolute Gasteiger partial charge is 0.338 e. The van der Waals surface area contributed by atoms with Crippen LogP contribution in [-0.2, 0) is 11.3 Å². The Labute approximate surface area is 210 Å². The first kappa shape index (κ1) is 28.7.